The number of nitrogens with zero attached hydrogens (tertiary/aromatic N) is 8. The summed E-state index contributed by atoms with van der Waals surface area (Å²) in [5.74, 6) is 1.18. The normalized spacial score (nSPS) is 16.3. The van der Waals surface area contributed by atoms with Gasteiger partial charge in [-0.05, 0) is 37.1 Å². The van der Waals surface area contributed by atoms with Crippen LogP contribution in [0.15, 0.2) is 54.7 Å². The fourth-order valence-corrected chi connectivity index (χ4v) is 4.24. The molecule has 11 heteroatoms. The smallest absolute Gasteiger partial charge is 0.231 e. The van der Waals surface area contributed by atoms with Gasteiger partial charge >= 0.3 is 0 Å². The van der Waals surface area contributed by atoms with Crippen molar-refractivity contribution in [2.24, 2.45) is 5.92 Å². The number of thiazole rings is 1. The third-order valence-electron chi connectivity index (χ3n) is 5.10. The Morgan fingerprint density at radius 3 is 2.84 bits per heavy atom. The van der Waals surface area contributed by atoms with Crippen LogP contribution in [0.3, 0.4) is 0 Å². The van der Waals surface area contributed by atoms with Crippen LogP contribution in [-0.2, 0) is 4.79 Å². The largest absolute Gasteiger partial charge is 0.354 e. The van der Waals surface area contributed by atoms with E-state index in [4.69, 9.17) is 0 Å². The lowest BCUT2D eigenvalue weighted by Crippen LogP contribution is -2.41. The van der Waals surface area contributed by atoms with E-state index in [1.807, 2.05) is 29.6 Å². The highest BCUT2D eigenvalue weighted by Gasteiger charge is 2.27. The molecule has 0 aromatic carbocycles. The number of rotatable bonds is 5. The molecule has 1 saturated heterocycles. The second-order valence-corrected chi connectivity index (χ2v) is 8.00. The molecule has 5 heterocycles. The number of carbonyl (C=O) groups excluding carboxylic acids is 1. The molecule has 0 spiro atoms. The Balaban J connectivity index is 1.23. The van der Waals surface area contributed by atoms with Crippen molar-refractivity contribution in [3.63, 3.8) is 0 Å². The SMILES string of the molecule is O=C(Nc1nc(-c2cccnc2)cs1)C1CCCN(c2ccc(-n3cncn3)nn2)C1. The van der Waals surface area contributed by atoms with Crippen LogP contribution in [0, 0.1) is 5.92 Å². The molecule has 31 heavy (non-hydrogen) atoms. The molecule has 0 radical (unpaired) electrons. The number of carbonyl (C=O) groups is 1. The van der Waals surface area contributed by atoms with Gasteiger partial charge in [0.15, 0.2) is 16.8 Å². The molecule has 1 unspecified atom stereocenters. The molecular formula is C20H19N9OS. The lowest BCUT2D eigenvalue weighted by molar-refractivity contribution is -0.120. The topological polar surface area (TPSA) is 115 Å². The minimum atomic E-state index is -0.142. The summed E-state index contributed by atoms with van der Waals surface area (Å²) in [7, 11) is 0. The van der Waals surface area contributed by atoms with E-state index >= 15 is 0 Å². The van der Waals surface area contributed by atoms with E-state index in [0.717, 1.165) is 36.5 Å². The Hall–Kier alpha value is -3.73. The molecule has 1 aliphatic rings. The van der Waals surface area contributed by atoms with Gasteiger partial charge in [-0.2, -0.15) is 5.10 Å². The summed E-state index contributed by atoms with van der Waals surface area (Å²) >= 11 is 1.41. The summed E-state index contributed by atoms with van der Waals surface area (Å²) in [4.78, 5) is 27.5. The van der Waals surface area contributed by atoms with Crippen LogP contribution in [-0.4, -0.2) is 53.9 Å². The molecule has 1 fully saturated rings. The third-order valence-corrected chi connectivity index (χ3v) is 5.86. The standard InChI is InChI=1S/C20H19N9OS/c30-19(25-20-24-16(11-31-20)14-3-1-7-21-9-14)15-4-2-8-28(10-15)17-5-6-18(27-26-17)29-13-22-12-23-29/h1,3,5-7,9,11-13,15H,2,4,8,10H2,(H,24,25,30). The van der Waals surface area contributed by atoms with Crippen LogP contribution in [0.4, 0.5) is 10.9 Å². The lowest BCUT2D eigenvalue weighted by atomic mass is 9.97. The van der Waals surface area contributed by atoms with E-state index in [-0.39, 0.29) is 11.8 Å². The molecule has 1 atom stereocenters. The van der Waals surface area contributed by atoms with E-state index in [9.17, 15) is 4.79 Å². The molecule has 10 nitrogen and oxygen atoms in total. The Morgan fingerprint density at radius 1 is 1.16 bits per heavy atom. The van der Waals surface area contributed by atoms with Crippen molar-refractivity contribution < 1.29 is 4.79 Å². The van der Waals surface area contributed by atoms with Crippen LogP contribution in [0.5, 0.6) is 0 Å². The van der Waals surface area contributed by atoms with Gasteiger partial charge in [-0.1, -0.05) is 0 Å². The molecule has 4 aromatic rings. The fraction of sp³-hybridized carbons (Fsp3) is 0.250. The van der Waals surface area contributed by atoms with Gasteiger partial charge in [-0.25, -0.2) is 14.6 Å². The van der Waals surface area contributed by atoms with Gasteiger partial charge < -0.3 is 10.2 Å². The van der Waals surface area contributed by atoms with E-state index in [2.05, 4.69) is 40.5 Å². The molecule has 1 N–H and O–H groups in total. The van der Waals surface area contributed by atoms with Gasteiger partial charge in [-0.15, -0.1) is 21.5 Å². The number of aromatic nitrogens is 7. The van der Waals surface area contributed by atoms with Gasteiger partial charge in [-0.3, -0.25) is 9.78 Å². The maximum atomic E-state index is 12.9. The molecule has 5 rings (SSSR count). The Kier molecular flexibility index (Phi) is 5.31. The maximum absolute atomic E-state index is 12.9. The molecule has 1 amide bonds. The predicted octanol–water partition coefficient (Wildman–Crippen LogP) is 2.43. The Bertz CT molecular complexity index is 1150. The number of amides is 1. The zero-order valence-electron chi connectivity index (χ0n) is 16.5. The molecule has 156 valence electrons. The van der Waals surface area contributed by atoms with Crippen molar-refractivity contribution in [1.29, 1.82) is 0 Å². The van der Waals surface area contributed by atoms with Gasteiger partial charge in [0.1, 0.15) is 12.7 Å². The van der Waals surface area contributed by atoms with Crippen LogP contribution in [0.25, 0.3) is 17.1 Å². The van der Waals surface area contributed by atoms with Crippen molar-refractivity contribution in [2.75, 3.05) is 23.3 Å². The summed E-state index contributed by atoms with van der Waals surface area (Å²) in [5.41, 5.74) is 1.73. The first-order chi connectivity index (χ1) is 15.3. The van der Waals surface area contributed by atoms with Crippen molar-refractivity contribution in [1.82, 2.24) is 34.9 Å². The highest BCUT2D eigenvalue weighted by atomic mass is 32.1. The second-order valence-electron chi connectivity index (χ2n) is 7.14. The minimum absolute atomic E-state index is 0.0241. The average molecular weight is 434 g/mol. The highest BCUT2D eigenvalue weighted by molar-refractivity contribution is 7.14. The summed E-state index contributed by atoms with van der Waals surface area (Å²) in [6.45, 7) is 1.42. The van der Waals surface area contributed by atoms with Gasteiger partial charge in [0.2, 0.25) is 5.91 Å². The molecule has 0 saturated carbocycles. The Labute approximate surface area is 182 Å². The number of pyridine rings is 1. The summed E-state index contributed by atoms with van der Waals surface area (Å²) in [5, 5.41) is 18.1. The van der Waals surface area contributed by atoms with Crippen LogP contribution in [0.1, 0.15) is 12.8 Å². The molecule has 0 bridgehead atoms. The summed E-state index contributed by atoms with van der Waals surface area (Å²) in [6, 6.07) is 7.55. The number of anilines is 2. The molecular weight excluding hydrogens is 414 g/mol. The number of hydrogen-bond acceptors (Lipinski definition) is 9. The van der Waals surface area contributed by atoms with Crippen molar-refractivity contribution in [2.45, 2.75) is 12.8 Å². The molecule has 0 aliphatic carbocycles. The number of nitrogens with one attached hydrogen (secondary N) is 1. The fourth-order valence-electron chi connectivity index (χ4n) is 3.52. The number of hydrogen-bond donors (Lipinski definition) is 1. The zero-order chi connectivity index (χ0) is 21.0. The molecule has 1 aliphatic heterocycles. The summed E-state index contributed by atoms with van der Waals surface area (Å²) in [6.07, 6.45) is 8.24. The quantitative estimate of drug-likeness (QED) is 0.510. The first kappa shape index (κ1) is 19.2. The van der Waals surface area contributed by atoms with Crippen LogP contribution >= 0.6 is 11.3 Å². The second kappa shape index (κ2) is 8.56. The van der Waals surface area contributed by atoms with E-state index in [0.29, 0.717) is 17.5 Å². The van der Waals surface area contributed by atoms with E-state index < -0.39 is 0 Å². The monoisotopic (exact) mass is 433 g/mol. The van der Waals surface area contributed by atoms with Crippen molar-refractivity contribution in [3.8, 4) is 17.1 Å². The van der Waals surface area contributed by atoms with Crippen molar-refractivity contribution in [3.05, 3.63) is 54.7 Å². The molecule has 4 aromatic heterocycles. The van der Waals surface area contributed by atoms with E-state index in [1.165, 1.54) is 17.7 Å². The first-order valence-electron chi connectivity index (χ1n) is 9.87. The van der Waals surface area contributed by atoms with E-state index in [1.54, 1.807) is 23.4 Å². The highest BCUT2D eigenvalue weighted by Crippen LogP contribution is 2.26. The van der Waals surface area contributed by atoms with Crippen molar-refractivity contribution >= 4 is 28.2 Å². The van der Waals surface area contributed by atoms with Crippen LogP contribution < -0.4 is 10.2 Å². The Morgan fingerprint density at radius 2 is 2.06 bits per heavy atom. The van der Waals surface area contributed by atoms with Gasteiger partial charge in [0, 0.05) is 36.4 Å². The third kappa shape index (κ3) is 4.26. The first-order valence-corrected chi connectivity index (χ1v) is 10.7. The minimum Gasteiger partial charge on any atom is -0.354 e. The summed E-state index contributed by atoms with van der Waals surface area (Å²) < 4.78 is 1.55. The zero-order valence-corrected chi connectivity index (χ0v) is 17.3. The predicted molar refractivity (Wildman–Crippen MR) is 116 cm³/mol. The lowest BCUT2D eigenvalue weighted by Gasteiger charge is -2.32. The van der Waals surface area contributed by atoms with Crippen LogP contribution in [0.2, 0.25) is 0 Å². The number of piperidine rings is 1. The van der Waals surface area contributed by atoms with Gasteiger partial charge in [0.25, 0.3) is 0 Å². The maximum Gasteiger partial charge on any atom is 0.231 e. The average Bonchev–Trinajstić information content (AvgIpc) is 3.53. The van der Waals surface area contributed by atoms with Gasteiger partial charge in [0.05, 0.1) is 11.6 Å².